The average molecular weight is 529 g/mol. The third-order valence-electron chi connectivity index (χ3n) is 6.25. The number of anilines is 1. The Kier molecular flexibility index (Phi) is 10.1. The predicted molar refractivity (Wildman–Crippen MR) is 157 cm³/mol. The van der Waals surface area contributed by atoms with Gasteiger partial charge in [-0.25, -0.2) is 4.39 Å². The van der Waals surface area contributed by atoms with Crippen LogP contribution in [-0.2, 0) is 6.42 Å². The Bertz CT molecular complexity index is 1430. The third-order valence-corrected chi connectivity index (χ3v) is 6.25. The predicted octanol–water partition coefficient (Wildman–Crippen LogP) is 8.76. The van der Waals surface area contributed by atoms with Gasteiger partial charge < -0.3 is 10.1 Å². The van der Waals surface area contributed by atoms with Crippen molar-refractivity contribution < 1.29 is 18.3 Å². The molecule has 1 aliphatic rings. The van der Waals surface area contributed by atoms with Crippen molar-refractivity contribution in [3.8, 4) is 5.75 Å². The second kappa shape index (κ2) is 13.5. The number of Topliss-reactive ketones (excluding diaryl/α,β-unsaturated/α-hetero) is 1. The van der Waals surface area contributed by atoms with E-state index in [1.165, 1.54) is 18.3 Å². The van der Waals surface area contributed by atoms with Crippen LogP contribution < -0.4 is 10.1 Å². The quantitative estimate of drug-likeness (QED) is 0.130. The average Bonchev–Trinajstić information content (AvgIpc) is 3.34. The van der Waals surface area contributed by atoms with Crippen molar-refractivity contribution in [3.63, 3.8) is 0 Å². The van der Waals surface area contributed by atoms with Crippen LogP contribution in [-0.4, -0.2) is 11.5 Å². The fraction of sp³-hybridized carbons (Fsp3) is 0.212. The van der Waals surface area contributed by atoms with Gasteiger partial charge in [0.2, 0.25) is 5.82 Å². The third kappa shape index (κ3) is 6.77. The summed E-state index contributed by atoms with van der Waals surface area (Å²) in [5.74, 6) is -2.56. The standard InChI is InChI=1S/C33H34F2N2O2/c1-7-11-12-14-21(5)39-30-18-17-26(31(34)32(30)35)28-20-36-33(27(28)13-8-2)22(6)37-24-15-16-25(29(38)10-4)23(9-3)19-24/h7-8,11-20,27,37H,5-6,9-10H2,1-4H3/b11-7-,13-8-,14-12-. The molecule has 0 saturated carbocycles. The number of aryl methyl sites for hydroxylation is 1. The summed E-state index contributed by atoms with van der Waals surface area (Å²) in [7, 11) is 0. The molecule has 0 amide bonds. The van der Waals surface area contributed by atoms with Gasteiger partial charge in [-0.05, 0) is 67.8 Å². The maximum absolute atomic E-state index is 15.3. The summed E-state index contributed by atoms with van der Waals surface area (Å²) in [5, 5.41) is 3.27. The molecule has 4 nitrogen and oxygen atoms in total. The highest BCUT2D eigenvalue weighted by molar-refractivity contribution is 6.13. The molecule has 0 aromatic heterocycles. The van der Waals surface area contributed by atoms with Crippen LogP contribution >= 0.6 is 0 Å². The number of rotatable bonds is 12. The number of halogens is 2. The van der Waals surface area contributed by atoms with Crippen molar-refractivity contribution in [2.24, 2.45) is 10.9 Å². The van der Waals surface area contributed by atoms with E-state index in [1.54, 1.807) is 18.2 Å². The maximum Gasteiger partial charge on any atom is 0.201 e. The van der Waals surface area contributed by atoms with Gasteiger partial charge >= 0.3 is 0 Å². The molecule has 0 bridgehead atoms. The van der Waals surface area contributed by atoms with E-state index >= 15 is 4.39 Å². The number of ketones is 1. The van der Waals surface area contributed by atoms with Gasteiger partial charge in [0.05, 0.1) is 11.4 Å². The van der Waals surface area contributed by atoms with Crippen molar-refractivity contribution in [2.45, 2.75) is 40.5 Å². The lowest BCUT2D eigenvalue weighted by Gasteiger charge is -2.19. The molecule has 1 heterocycles. The van der Waals surface area contributed by atoms with Gasteiger partial charge in [-0.2, -0.15) is 4.39 Å². The maximum atomic E-state index is 15.3. The Labute approximate surface area is 229 Å². The molecule has 2 aromatic rings. The van der Waals surface area contributed by atoms with Crippen LogP contribution in [0.1, 0.15) is 55.6 Å². The van der Waals surface area contributed by atoms with E-state index < -0.39 is 17.6 Å². The Morgan fingerprint density at radius 2 is 1.85 bits per heavy atom. The second-order valence-electron chi connectivity index (χ2n) is 8.90. The largest absolute Gasteiger partial charge is 0.455 e. The van der Waals surface area contributed by atoms with Gasteiger partial charge in [-0.1, -0.05) is 57.4 Å². The lowest BCUT2D eigenvalue weighted by molar-refractivity contribution is 0.0987. The highest BCUT2D eigenvalue weighted by atomic mass is 19.2. The molecule has 0 saturated heterocycles. The minimum atomic E-state index is -1.10. The van der Waals surface area contributed by atoms with Gasteiger partial charge in [-0.3, -0.25) is 9.79 Å². The van der Waals surface area contributed by atoms with Crippen LogP contribution in [0.5, 0.6) is 5.75 Å². The molecule has 39 heavy (non-hydrogen) atoms. The Morgan fingerprint density at radius 3 is 2.51 bits per heavy atom. The zero-order valence-corrected chi connectivity index (χ0v) is 22.9. The Balaban J connectivity index is 1.83. The summed E-state index contributed by atoms with van der Waals surface area (Å²) in [4.78, 5) is 16.8. The van der Waals surface area contributed by atoms with Gasteiger partial charge in [0.15, 0.2) is 17.3 Å². The molecular weight excluding hydrogens is 494 g/mol. The Morgan fingerprint density at radius 1 is 1.08 bits per heavy atom. The first-order valence-corrected chi connectivity index (χ1v) is 12.9. The molecule has 1 unspecified atom stereocenters. The number of nitrogens with one attached hydrogen (secondary N) is 1. The van der Waals surface area contributed by atoms with Crippen LogP contribution in [0.15, 0.2) is 103 Å². The van der Waals surface area contributed by atoms with Gasteiger partial charge in [0, 0.05) is 35.4 Å². The smallest absolute Gasteiger partial charge is 0.201 e. The minimum absolute atomic E-state index is 0.0836. The van der Waals surface area contributed by atoms with Crippen LogP contribution in [0.3, 0.4) is 0 Å². The summed E-state index contributed by atoms with van der Waals surface area (Å²) in [5.41, 5.74) is 4.11. The topological polar surface area (TPSA) is 50.7 Å². The molecule has 0 aliphatic carbocycles. The lowest BCUT2D eigenvalue weighted by atomic mass is 9.89. The number of nitrogens with zero attached hydrogens (tertiary/aromatic N) is 1. The number of aliphatic imine (C=N–C) groups is 1. The first kappa shape index (κ1) is 29.2. The van der Waals surface area contributed by atoms with Crippen LogP contribution in [0, 0.1) is 17.6 Å². The summed E-state index contributed by atoms with van der Waals surface area (Å²) in [6.45, 7) is 15.4. The van der Waals surface area contributed by atoms with Crippen LogP contribution in [0.25, 0.3) is 5.57 Å². The number of hydrogen-bond acceptors (Lipinski definition) is 4. The van der Waals surface area contributed by atoms with Gasteiger partial charge in [0.1, 0.15) is 5.76 Å². The molecule has 1 aliphatic heterocycles. The van der Waals surface area contributed by atoms with E-state index in [0.29, 0.717) is 35.4 Å². The number of carbonyl (C=O) groups excluding carboxylic acids is 1. The number of allylic oxidation sites excluding steroid dienone is 8. The van der Waals surface area contributed by atoms with E-state index in [0.717, 1.165) is 11.3 Å². The first-order chi connectivity index (χ1) is 18.7. The van der Waals surface area contributed by atoms with Crippen molar-refractivity contribution in [1.29, 1.82) is 0 Å². The monoisotopic (exact) mass is 528 g/mol. The fourth-order valence-electron chi connectivity index (χ4n) is 4.28. The van der Waals surface area contributed by atoms with Crippen molar-refractivity contribution in [3.05, 3.63) is 126 Å². The highest BCUT2D eigenvalue weighted by Crippen LogP contribution is 2.37. The number of benzene rings is 2. The summed E-state index contributed by atoms with van der Waals surface area (Å²) < 4.78 is 35.7. The summed E-state index contributed by atoms with van der Waals surface area (Å²) in [6, 6.07) is 8.43. The number of hydrogen-bond donors (Lipinski definition) is 1. The van der Waals surface area contributed by atoms with E-state index in [1.807, 2.05) is 64.1 Å². The molecule has 0 fully saturated rings. The molecule has 6 heteroatoms. The Hall–Kier alpha value is -4.32. The van der Waals surface area contributed by atoms with E-state index in [2.05, 4.69) is 23.5 Å². The molecular formula is C33H34F2N2O2. The molecule has 1 N–H and O–H groups in total. The van der Waals surface area contributed by atoms with Crippen LogP contribution in [0.4, 0.5) is 14.5 Å². The van der Waals surface area contributed by atoms with Crippen molar-refractivity contribution in [1.82, 2.24) is 0 Å². The minimum Gasteiger partial charge on any atom is -0.455 e. The normalized spacial score (nSPS) is 15.2. The number of ether oxygens (including phenoxy) is 1. The fourth-order valence-corrected chi connectivity index (χ4v) is 4.28. The molecule has 3 rings (SSSR count). The molecule has 2 aromatic carbocycles. The second-order valence-corrected chi connectivity index (χ2v) is 8.90. The van der Waals surface area contributed by atoms with Crippen molar-refractivity contribution in [2.75, 3.05) is 5.32 Å². The lowest BCUT2D eigenvalue weighted by Crippen LogP contribution is -2.18. The number of carbonyl (C=O) groups is 1. The summed E-state index contributed by atoms with van der Waals surface area (Å²) >= 11 is 0. The van der Waals surface area contributed by atoms with Gasteiger partial charge in [0.25, 0.3) is 0 Å². The summed E-state index contributed by atoms with van der Waals surface area (Å²) in [6.07, 6.45) is 13.2. The van der Waals surface area contributed by atoms with E-state index in [-0.39, 0.29) is 22.9 Å². The molecule has 202 valence electrons. The van der Waals surface area contributed by atoms with Crippen LogP contribution in [0.2, 0.25) is 0 Å². The van der Waals surface area contributed by atoms with E-state index in [9.17, 15) is 9.18 Å². The molecule has 0 spiro atoms. The SMILES string of the molecule is C=C(/C=C\C=C/C)Oc1ccc(C2=CN=C(C(=C)Nc3ccc(C(=O)CC)c(CC)c3)C2/C=C\C)c(F)c1F. The zero-order valence-electron chi connectivity index (χ0n) is 22.9. The molecule has 0 radical (unpaired) electrons. The van der Waals surface area contributed by atoms with Crippen molar-refractivity contribution >= 4 is 22.8 Å². The van der Waals surface area contributed by atoms with E-state index in [4.69, 9.17) is 4.74 Å². The highest BCUT2D eigenvalue weighted by Gasteiger charge is 2.29. The molecule has 1 atom stereocenters. The first-order valence-electron chi connectivity index (χ1n) is 12.9. The zero-order chi connectivity index (χ0) is 28.5. The van der Waals surface area contributed by atoms with Gasteiger partial charge in [-0.15, -0.1) is 0 Å².